The van der Waals surface area contributed by atoms with Crippen molar-refractivity contribution in [2.24, 2.45) is 0 Å². The summed E-state index contributed by atoms with van der Waals surface area (Å²) in [6.07, 6.45) is 11.5. The summed E-state index contributed by atoms with van der Waals surface area (Å²) in [6, 6.07) is 0. The Labute approximate surface area is 134 Å². The van der Waals surface area contributed by atoms with Gasteiger partial charge in [0.15, 0.2) is 0 Å². The van der Waals surface area contributed by atoms with E-state index in [1.807, 2.05) is 0 Å². The standard InChI is InChI=1S/C12H24O2.3H3N.H2O4S/c1-2-3-4-5-6-7-8-9-10-11-12(13)14;;;;1-5(2,3)4/h2-11H2,1H3,(H,13,14);3*1H3;(H2,1,2,3,4). The first-order chi connectivity index (χ1) is 8.77. The third-order valence-corrected chi connectivity index (χ3v) is 2.49. The SMILES string of the molecule is CCCCCCCCCCCC(=O)O.N.N.N.O=S(=O)(O)O. The average Bonchev–Trinajstić information content (AvgIpc) is 2.24. The molecule has 0 aromatic rings. The van der Waals surface area contributed by atoms with Crippen LogP contribution in [0.4, 0.5) is 0 Å². The van der Waals surface area contributed by atoms with Gasteiger partial charge in [-0.25, -0.2) is 0 Å². The minimum absolute atomic E-state index is 0. The van der Waals surface area contributed by atoms with Gasteiger partial charge >= 0.3 is 16.4 Å². The summed E-state index contributed by atoms with van der Waals surface area (Å²) in [5.41, 5.74) is 0. The Morgan fingerprint density at radius 2 is 1.05 bits per heavy atom. The number of carboxylic acids is 1. The van der Waals surface area contributed by atoms with Crippen molar-refractivity contribution in [3.05, 3.63) is 0 Å². The van der Waals surface area contributed by atoms with Gasteiger partial charge in [-0.1, -0.05) is 58.3 Å². The van der Waals surface area contributed by atoms with E-state index in [9.17, 15) is 4.79 Å². The summed E-state index contributed by atoms with van der Waals surface area (Å²) < 4.78 is 31.6. The van der Waals surface area contributed by atoms with Crippen molar-refractivity contribution in [3.63, 3.8) is 0 Å². The first-order valence-corrected chi connectivity index (χ1v) is 8.08. The molecule has 9 nitrogen and oxygen atoms in total. The molecule has 0 heterocycles. The minimum Gasteiger partial charge on any atom is -0.481 e. The van der Waals surface area contributed by atoms with Crippen LogP contribution < -0.4 is 18.5 Å². The van der Waals surface area contributed by atoms with Gasteiger partial charge in [-0.05, 0) is 6.42 Å². The van der Waals surface area contributed by atoms with Crippen LogP contribution in [0.2, 0.25) is 0 Å². The van der Waals surface area contributed by atoms with E-state index in [1.54, 1.807) is 0 Å². The Kier molecular flexibility index (Phi) is 33.7. The fourth-order valence-corrected chi connectivity index (χ4v) is 1.59. The summed E-state index contributed by atoms with van der Waals surface area (Å²) >= 11 is 0. The van der Waals surface area contributed by atoms with Gasteiger partial charge in [0.1, 0.15) is 0 Å². The summed E-state index contributed by atoms with van der Waals surface area (Å²) in [6.45, 7) is 2.23. The smallest absolute Gasteiger partial charge is 0.394 e. The quantitative estimate of drug-likeness (QED) is 0.249. The second kappa shape index (κ2) is 22.5. The molecule has 0 rings (SSSR count). The van der Waals surface area contributed by atoms with Gasteiger partial charge in [0.2, 0.25) is 0 Å². The molecule has 22 heavy (non-hydrogen) atoms. The van der Waals surface area contributed by atoms with Crippen LogP contribution in [0.15, 0.2) is 0 Å². The fraction of sp³-hybridized carbons (Fsp3) is 0.917. The van der Waals surface area contributed by atoms with E-state index in [2.05, 4.69) is 6.92 Å². The van der Waals surface area contributed by atoms with Gasteiger partial charge in [-0.2, -0.15) is 8.42 Å². The van der Waals surface area contributed by atoms with E-state index in [-0.39, 0.29) is 18.5 Å². The number of aliphatic carboxylic acids is 1. The van der Waals surface area contributed by atoms with Crippen molar-refractivity contribution in [3.8, 4) is 0 Å². The third kappa shape index (κ3) is 61.1. The predicted octanol–water partition coefficient (Wildman–Crippen LogP) is 3.83. The average molecular weight is 349 g/mol. The Bertz CT molecular complexity index is 304. The Morgan fingerprint density at radius 1 is 0.773 bits per heavy atom. The molecule has 0 unspecified atom stereocenters. The number of rotatable bonds is 10. The Hall–Kier alpha value is -0.780. The molecule has 0 aliphatic heterocycles. The van der Waals surface area contributed by atoms with Crippen LogP contribution in [0.25, 0.3) is 0 Å². The first-order valence-electron chi connectivity index (χ1n) is 6.69. The summed E-state index contributed by atoms with van der Waals surface area (Å²) in [5, 5.41) is 8.41. The molecule has 0 bridgehead atoms. The van der Waals surface area contributed by atoms with Gasteiger partial charge in [-0.3, -0.25) is 13.9 Å². The van der Waals surface area contributed by atoms with Gasteiger partial charge < -0.3 is 23.6 Å². The highest BCUT2D eigenvalue weighted by atomic mass is 32.3. The van der Waals surface area contributed by atoms with E-state index in [4.69, 9.17) is 22.6 Å². The van der Waals surface area contributed by atoms with E-state index in [0.29, 0.717) is 6.42 Å². The number of hydrogen-bond acceptors (Lipinski definition) is 6. The maximum atomic E-state index is 10.2. The molecule has 0 spiro atoms. The lowest BCUT2D eigenvalue weighted by atomic mass is 10.1. The van der Waals surface area contributed by atoms with Crippen LogP contribution in [0.5, 0.6) is 0 Å². The molecule has 0 aliphatic carbocycles. The van der Waals surface area contributed by atoms with Crippen LogP contribution in [-0.4, -0.2) is 28.6 Å². The predicted molar refractivity (Wildman–Crippen MR) is 88.7 cm³/mol. The van der Waals surface area contributed by atoms with Crippen molar-refractivity contribution < 1.29 is 27.4 Å². The monoisotopic (exact) mass is 349 g/mol. The molecule has 0 atom stereocenters. The zero-order chi connectivity index (χ0) is 15.1. The molecule has 0 aromatic heterocycles. The molecule has 140 valence electrons. The van der Waals surface area contributed by atoms with E-state index in [1.165, 1.54) is 44.9 Å². The maximum Gasteiger partial charge on any atom is 0.394 e. The first kappa shape index (κ1) is 33.0. The summed E-state index contributed by atoms with van der Waals surface area (Å²) in [7, 11) is -4.67. The second-order valence-electron chi connectivity index (χ2n) is 4.42. The van der Waals surface area contributed by atoms with Crippen molar-refractivity contribution in [1.29, 1.82) is 0 Å². The number of carbonyl (C=O) groups is 1. The van der Waals surface area contributed by atoms with E-state index < -0.39 is 16.4 Å². The van der Waals surface area contributed by atoms with Crippen LogP contribution in [0, 0.1) is 0 Å². The van der Waals surface area contributed by atoms with Crippen LogP contribution in [0.1, 0.15) is 71.1 Å². The molecule has 10 heteroatoms. The zero-order valence-electron chi connectivity index (χ0n) is 13.7. The van der Waals surface area contributed by atoms with Crippen LogP contribution >= 0.6 is 0 Å². The number of unbranched alkanes of at least 4 members (excludes halogenated alkanes) is 8. The van der Waals surface area contributed by atoms with Crippen molar-refractivity contribution in [2.75, 3.05) is 0 Å². The Morgan fingerprint density at radius 3 is 1.32 bits per heavy atom. The van der Waals surface area contributed by atoms with E-state index in [0.717, 1.165) is 12.8 Å². The summed E-state index contributed by atoms with van der Waals surface area (Å²) in [5.74, 6) is -0.659. The molecule has 0 aromatic carbocycles. The lowest BCUT2D eigenvalue weighted by molar-refractivity contribution is -0.137. The van der Waals surface area contributed by atoms with E-state index >= 15 is 0 Å². The molecule has 0 radical (unpaired) electrons. The van der Waals surface area contributed by atoms with Crippen LogP contribution in [-0.2, 0) is 15.2 Å². The largest absolute Gasteiger partial charge is 0.481 e. The molecule has 0 fully saturated rings. The molecule has 0 amide bonds. The lowest BCUT2D eigenvalue weighted by Crippen LogP contribution is -1.93. The molecule has 12 N–H and O–H groups in total. The highest BCUT2D eigenvalue weighted by molar-refractivity contribution is 7.79. The molecular formula is C12H35N3O6S. The van der Waals surface area contributed by atoms with Gasteiger partial charge in [0.25, 0.3) is 0 Å². The minimum atomic E-state index is -4.67. The molecule has 0 saturated heterocycles. The zero-order valence-corrected chi connectivity index (χ0v) is 14.5. The topological polar surface area (TPSA) is 217 Å². The number of hydrogen-bond donors (Lipinski definition) is 6. The highest BCUT2D eigenvalue weighted by Gasteiger charge is 1.96. The molecule has 0 aliphatic rings. The van der Waals surface area contributed by atoms with Gasteiger partial charge in [-0.15, -0.1) is 0 Å². The van der Waals surface area contributed by atoms with Crippen molar-refractivity contribution >= 4 is 16.4 Å². The van der Waals surface area contributed by atoms with Crippen molar-refractivity contribution in [2.45, 2.75) is 71.1 Å². The number of carboxylic acid groups (broad SMARTS) is 1. The normalized spacial score (nSPS) is 9.23. The van der Waals surface area contributed by atoms with Gasteiger partial charge in [0, 0.05) is 6.42 Å². The highest BCUT2D eigenvalue weighted by Crippen LogP contribution is 2.10. The summed E-state index contributed by atoms with van der Waals surface area (Å²) in [4.78, 5) is 10.2. The molecule has 0 saturated carbocycles. The third-order valence-electron chi connectivity index (χ3n) is 2.49. The van der Waals surface area contributed by atoms with Crippen molar-refractivity contribution in [1.82, 2.24) is 18.5 Å². The van der Waals surface area contributed by atoms with Gasteiger partial charge in [0.05, 0.1) is 0 Å². The van der Waals surface area contributed by atoms with Crippen LogP contribution in [0.3, 0.4) is 0 Å². The fourth-order valence-electron chi connectivity index (χ4n) is 1.59. The second-order valence-corrected chi connectivity index (χ2v) is 5.32. The molecular weight excluding hydrogens is 314 g/mol. The lowest BCUT2D eigenvalue weighted by Gasteiger charge is -2.00. The maximum absolute atomic E-state index is 10.2. The Balaban J connectivity index is -0.000000105.